The van der Waals surface area contributed by atoms with Gasteiger partial charge in [-0.15, -0.1) is 0 Å². The smallest absolute Gasteiger partial charge is 0.255 e. The molecule has 2 aromatic heterocycles. The van der Waals surface area contributed by atoms with Gasteiger partial charge in [-0.05, 0) is 25.7 Å². The molecule has 0 aliphatic rings. The van der Waals surface area contributed by atoms with Crippen LogP contribution in [-0.2, 0) is 13.6 Å². The van der Waals surface area contributed by atoms with Gasteiger partial charge in [-0.1, -0.05) is 20.8 Å². The Kier molecular flexibility index (Phi) is 5.52. The van der Waals surface area contributed by atoms with Crippen LogP contribution in [0.1, 0.15) is 61.5 Å². The van der Waals surface area contributed by atoms with Crippen LogP contribution >= 0.6 is 0 Å². The maximum absolute atomic E-state index is 12.7. The lowest BCUT2D eigenvalue weighted by molar-refractivity contribution is 0.0928. The van der Waals surface area contributed by atoms with Gasteiger partial charge in [-0.3, -0.25) is 14.2 Å². The van der Waals surface area contributed by atoms with Crippen LogP contribution in [0.25, 0.3) is 0 Å². The van der Waals surface area contributed by atoms with Crippen molar-refractivity contribution in [1.29, 1.82) is 0 Å². The summed E-state index contributed by atoms with van der Waals surface area (Å²) in [6.07, 6.45) is 4.95. The van der Waals surface area contributed by atoms with Gasteiger partial charge >= 0.3 is 0 Å². The molecule has 0 aromatic carbocycles. The van der Waals surface area contributed by atoms with Crippen LogP contribution in [0.15, 0.2) is 12.5 Å². The van der Waals surface area contributed by atoms with Gasteiger partial charge in [-0.25, -0.2) is 4.98 Å². The minimum atomic E-state index is -0.163. The lowest BCUT2D eigenvalue weighted by Gasteiger charge is -2.19. The first-order chi connectivity index (χ1) is 10.9. The molecular weight excluding hydrogens is 292 g/mol. The first-order valence-corrected chi connectivity index (χ1v) is 8.11. The van der Waals surface area contributed by atoms with Crippen molar-refractivity contribution in [3.63, 3.8) is 0 Å². The monoisotopic (exact) mass is 318 g/mol. The van der Waals surface area contributed by atoms with Crippen LogP contribution < -0.4 is 5.32 Å². The normalized spacial score (nSPS) is 12.6. The van der Waals surface area contributed by atoms with Gasteiger partial charge in [0, 0.05) is 19.3 Å². The molecule has 7 heteroatoms. The molecule has 1 N–H and O–H groups in total. The molecule has 0 bridgehead atoms. The van der Waals surface area contributed by atoms with Crippen molar-refractivity contribution in [3.8, 4) is 0 Å². The number of amides is 1. The van der Waals surface area contributed by atoms with Crippen molar-refractivity contribution >= 4 is 5.91 Å². The van der Waals surface area contributed by atoms with Crippen molar-refractivity contribution in [2.45, 2.75) is 53.1 Å². The molecular formula is C16H26N6O. The SMILES string of the molecule is CCCn1ncc(C(=O)N[C@H](CC(C)C)c2ncnn2C)c1C. The average Bonchev–Trinajstić information content (AvgIpc) is 3.05. The Bertz CT molecular complexity index is 657. The van der Waals surface area contributed by atoms with Gasteiger partial charge in [0.25, 0.3) is 5.91 Å². The highest BCUT2D eigenvalue weighted by Crippen LogP contribution is 2.20. The molecule has 7 nitrogen and oxygen atoms in total. The topological polar surface area (TPSA) is 77.6 Å². The number of carbonyl (C=O) groups is 1. The molecule has 23 heavy (non-hydrogen) atoms. The highest BCUT2D eigenvalue weighted by Gasteiger charge is 2.23. The summed E-state index contributed by atoms with van der Waals surface area (Å²) < 4.78 is 3.58. The molecule has 0 saturated carbocycles. The van der Waals surface area contributed by atoms with E-state index in [9.17, 15) is 4.79 Å². The molecule has 0 aliphatic heterocycles. The molecule has 2 heterocycles. The van der Waals surface area contributed by atoms with E-state index in [4.69, 9.17) is 0 Å². The van der Waals surface area contributed by atoms with E-state index < -0.39 is 0 Å². The molecule has 0 fully saturated rings. The van der Waals surface area contributed by atoms with E-state index in [0.717, 1.165) is 30.9 Å². The van der Waals surface area contributed by atoms with Gasteiger partial charge in [0.05, 0.1) is 17.8 Å². The summed E-state index contributed by atoms with van der Waals surface area (Å²) in [7, 11) is 1.84. The molecule has 0 unspecified atom stereocenters. The summed E-state index contributed by atoms with van der Waals surface area (Å²) in [5, 5.41) is 11.5. The first kappa shape index (κ1) is 17.2. The average molecular weight is 318 g/mol. The van der Waals surface area contributed by atoms with E-state index in [-0.39, 0.29) is 11.9 Å². The van der Waals surface area contributed by atoms with Crippen LogP contribution in [0.2, 0.25) is 0 Å². The fourth-order valence-corrected chi connectivity index (χ4v) is 2.66. The Morgan fingerprint density at radius 2 is 2.09 bits per heavy atom. The summed E-state index contributed by atoms with van der Waals surface area (Å²) in [5.74, 6) is 1.09. The minimum absolute atomic E-state index is 0.112. The zero-order chi connectivity index (χ0) is 17.0. The summed E-state index contributed by atoms with van der Waals surface area (Å²) >= 11 is 0. The maximum Gasteiger partial charge on any atom is 0.255 e. The Balaban J connectivity index is 2.19. The lowest BCUT2D eigenvalue weighted by Crippen LogP contribution is -2.31. The van der Waals surface area contributed by atoms with Gasteiger partial charge in [0.1, 0.15) is 12.2 Å². The third-order valence-electron chi connectivity index (χ3n) is 3.85. The zero-order valence-electron chi connectivity index (χ0n) is 14.6. The van der Waals surface area contributed by atoms with Crippen molar-refractivity contribution in [2.24, 2.45) is 13.0 Å². The summed E-state index contributed by atoms with van der Waals surface area (Å²) in [6.45, 7) is 9.09. The summed E-state index contributed by atoms with van der Waals surface area (Å²) in [6, 6.07) is -0.163. The lowest BCUT2D eigenvalue weighted by atomic mass is 10.0. The van der Waals surface area contributed by atoms with Crippen LogP contribution in [0, 0.1) is 12.8 Å². The molecule has 1 amide bonds. The van der Waals surface area contributed by atoms with Gasteiger partial charge in [-0.2, -0.15) is 10.2 Å². The fourth-order valence-electron chi connectivity index (χ4n) is 2.66. The number of carbonyl (C=O) groups excluding carboxylic acids is 1. The second-order valence-corrected chi connectivity index (χ2v) is 6.26. The Morgan fingerprint density at radius 1 is 1.35 bits per heavy atom. The Labute approximate surface area is 137 Å². The highest BCUT2D eigenvalue weighted by molar-refractivity contribution is 5.95. The molecule has 0 saturated heterocycles. The molecule has 2 aromatic rings. The standard InChI is InChI=1S/C16H26N6O/c1-6-7-22-12(4)13(9-18-22)16(23)20-14(8-11(2)3)15-17-10-19-21(15)5/h9-11,14H,6-8H2,1-5H3,(H,20,23)/t14-/m1/s1. The van der Waals surface area contributed by atoms with Crippen LogP contribution in [0.3, 0.4) is 0 Å². The van der Waals surface area contributed by atoms with E-state index in [2.05, 4.69) is 41.3 Å². The second kappa shape index (κ2) is 7.39. The largest absolute Gasteiger partial charge is 0.342 e. The van der Waals surface area contributed by atoms with Crippen molar-refractivity contribution in [1.82, 2.24) is 29.9 Å². The van der Waals surface area contributed by atoms with E-state index in [1.165, 1.54) is 6.33 Å². The molecule has 0 aliphatic carbocycles. The molecule has 0 spiro atoms. The van der Waals surface area contributed by atoms with E-state index in [0.29, 0.717) is 11.5 Å². The van der Waals surface area contributed by atoms with Crippen LogP contribution in [-0.4, -0.2) is 30.5 Å². The number of rotatable bonds is 7. The number of hydrogen-bond donors (Lipinski definition) is 1. The number of nitrogens with zero attached hydrogens (tertiary/aromatic N) is 5. The Morgan fingerprint density at radius 3 is 2.65 bits per heavy atom. The van der Waals surface area contributed by atoms with Crippen molar-refractivity contribution < 1.29 is 4.79 Å². The minimum Gasteiger partial charge on any atom is -0.342 e. The van der Waals surface area contributed by atoms with Gasteiger partial charge in [0.15, 0.2) is 0 Å². The van der Waals surface area contributed by atoms with Crippen LogP contribution in [0.4, 0.5) is 0 Å². The highest BCUT2D eigenvalue weighted by atomic mass is 16.1. The molecule has 1 atom stereocenters. The second-order valence-electron chi connectivity index (χ2n) is 6.26. The third kappa shape index (κ3) is 3.97. The number of aryl methyl sites for hydroxylation is 2. The van der Waals surface area contributed by atoms with Gasteiger partial charge in [0.2, 0.25) is 0 Å². The van der Waals surface area contributed by atoms with E-state index in [1.807, 2.05) is 18.7 Å². The number of nitrogens with one attached hydrogen (secondary N) is 1. The van der Waals surface area contributed by atoms with Gasteiger partial charge < -0.3 is 5.32 Å². The summed E-state index contributed by atoms with van der Waals surface area (Å²) in [5.41, 5.74) is 1.51. The Hall–Kier alpha value is -2.18. The van der Waals surface area contributed by atoms with E-state index >= 15 is 0 Å². The molecule has 126 valence electrons. The molecule has 2 rings (SSSR count). The summed E-state index contributed by atoms with van der Waals surface area (Å²) in [4.78, 5) is 16.9. The zero-order valence-corrected chi connectivity index (χ0v) is 14.6. The first-order valence-electron chi connectivity index (χ1n) is 8.11. The third-order valence-corrected chi connectivity index (χ3v) is 3.85. The van der Waals surface area contributed by atoms with Crippen molar-refractivity contribution in [2.75, 3.05) is 0 Å². The fraction of sp³-hybridized carbons (Fsp3) is 0.625. The van der Waals surface area contributed by atoms with E-state index in [1.54, 1.807) is 10.9 Å². The maximum atomic E-state index is 12.7. The molecule has 0 radical (unpaired) electrons. The predicted octanol–water partition coefficient (Wildman–Crippen LogP) is 2.25. The van der Waals surface area contributed by atoms with Crippen molar-refractivity contribution in [3.05, 3.63) is 29.6 Å². The number of aromatic nitrogens is 5. The quantitative estimate of drug-likeness (QED) is 0.849. The van der Waals surface area contributed by atoms with Crippen LogP contribution in [0.5, 0.6) is 0 Å². The number of hydrogen-bond acceptors (Lipinski definition) is 4. The predicted molar refractivity (Wildman–Crippen MR) is 87.9 cm³/mol.